The Kier molecular flexibility index (Phi) is 5.63. The number of amides is 1. The molecule has 6 nitrogen and oxygen atoms in total. The number of nitro groups is 1. The zero-order chi connectivity index (χ0) is 18.6. The highest BCUT2D eigenvalue weighted by molar-refractivity contribution is 5.78. The van der Waals surface area contributed by atoms with Crippen LogP contribution in [0.1, 0.15) is 18.5 Å². The van der Waals surface area contributed by atoms with Crippen molar-refractivity contribution in [2.24, 2.45) is 0 Å². The number of carbonyl (C=O) groups is 1. The third-order valence-electron chi connectivity index (χ3n) is 3.80. The summed E-state index contributed by atoms with van der Waals surface area (Å²) in [6.45, 7) is 1.33. The fourth-order valence-corrected chi connectivity index (χ4v) is 2.14. The molecule has 0 aliphatic carbocycles. The van der Waals surface area contributed by atoms with Crippen LogP contribution in [0.5, 0.6) is 5.75 Å². The molecular weight excluding hydrogens is 334 g/mol. The van der Waals surface area contributed by atoms with E-state index in [0.29, 0.717) is 0 Å². The van der Waals surface area contributed by atoms with Crippen LogP contribution >= 0.6 is 0 Å². The first-order chi connectivity index (χ1) is 11.8. The summed E-state index contributed by atoms with van der Waals surface area (Å²) in [4.78, 5) is 23.4. The van der Waals surface area contributed by atoms with Gasteiger partial charge in [0, 0.05) is 13.1 Å². The second-order valence-electron chi connectivity index (χ2n) is 5.39. The summed E-state index contributed by atoms with van der Waals surface area (Å²) in [7, 11) is 1.55. The number of likely N-dealkylation sites (N-methyl/N-ethyl adjacent to an activating group) is 1. The van der Waals surface area contributed by atoms with Crippen molar-refractivity contribution >= 4 is 11.6 Å². The summed E-state index contributed by atoms with van der Waals surface area (Å²) in [5, 5.41) is 10.6. The lowest BCUT2D eigenvalue weighted by Gasteiger charge is -2.25. The molecule has 2 aromatic rings. The summed E-state index contributed by atoms with van der Waals surface area (Å²) in [6.07, 6.45) is 0. The van der Waals surface area contributed by atoms with Gasteiger partial charge in [0.15, 0.2) is 18.2 Å². The molecule has 0 radical (unpaired) electrons. The summed E-state index contributed by atoms with van der Waals surface area (Å²) in [5.41, 5.74) is 0.331. The van der Waals surface area contributed by atoms with Crippen molar-refractivity contribution in [3.05, 3.63) is 69.8 Å². The van der Waals surface area contributed by atoms with Crippen molar-refractivity contribution in [1.82, 2.24) is 4.90 Å². The van der Waals surface area contributed by atoms with E-state index < -0.39 is 28.9 Å². The van der Waals surface area contributed by atoms with Gasteiger partial charge in [-0.1, -0.05) is 12.1 Å². The molecule has 0 bridgehead atoms. The second kappa shape index (κ2) is 7.69. The molecule has 1 amide bonds. The van der Waals surface area contributed by atoms with Crippen molar-refractivity contribution in [1.29, 1.82) is 0 Å². The van der Waals surface area contributed by atoms with Gasteiger partial charge in [-0.2, -0.15) is 0 Å². The van der Waals surface area contributed by atoms with Gasteiger partial charge in [-0.25, -0.2) is 8.78 Å². The molecule has 0 heterocycles. The number of carbonyl (C=O) groups excluding carboxylic acids is 1. The van der Waals surface area contributed by atoms with Crippen LogP contribution in [-0.4, -0.2) is 29.4 Å². The van der Waals surface area contributed by atoms with E-state index in [9.17, 15) is 23.7 Å². The lowest BCUT2D eigenvalue weighted by Crippen LogP contribution is -2.33. The highest BCUT2D eigenvalue weighted by Crippen LogP contribution is 2.23. The third-order valence-corrected chi connectivity index (χ3v) is 3.80. The molecule has 1 atom stereocenters. The van der Waals surface area contributed by atoms with Crippen LogP contribution in [0.15, 0.2) is 42.5 Å². The predicted octanol–water partition coefficient (Wildman–Crippen LogP) is 3.47. The molecule has 8 heteroatoms. The predicted molar refractivity (Wildman–Crippen MR) is 86.1 cm³/mol. The van der Waals surface area contributed by atoms with Crippen molar-refractivity contribution in [3.8, 4) is 5.75 Å². The number of hydrogen-bond acceptors (Lipinski definition) is 4. The number of hydrogen-bond donors (Lipinski definition) is 0. The van der Waals surface area contributed by atoms with Gasteiger partial charge in [0.1, 0.15) is 5.82 Å². The van der Waals surface area contributed by atoms with Crippen LogP contribution in [0.2, 0.25) is 0 Å². The summed E-state index contributed by atoms with van der Waals surface area (Å²) in [5.74, 6) is -1.96. The van der Waals surface area contributed by atoms with E-state index in [1.54, 1.807) is 26.1 Å². The van der Waals surface area contributed by atoms with Crippen LogP contribution < -0.4 is 4.74 Å². The van der Waals surface area contributed by atoms with E-state index >= 15 is 0 Å². The molecule has 2 rings (SSSR count). The molecule has 0 N–H and O–H groups in total. The lowest BCUT2D eigenvalue weighted by molar-refractivity contribution is -0.385. The molecule has 0 fully saturated rings. The van der Waals surface area contributed by atoms with Crippen LogP contribution in [0.25, 0.3) is 0 Å². The number of non-ortho nitro benzene ring substituents is 1. The Labute approximate surface area is 142 Å². The lowest BCUT2D eigenvalue weighted by atomic mass is 10.1. The smallest absolute Gasteiger partial charge is 0.272 e. The SMILES string of the molecule is CC(c1ccc(F)cc1)N(C)C(=O)COc1ccc([N+](=O)[O-])cc1F. The molecular formula is C17H16F2N2O4. The Morgan fingerprint density at radius 1 is 1.24 bits per heavy atom. The maximum atomic E-state index is 13.7. The zero-order valence-corrected chi connectivity index (χ0v) is 13.6. The molecule has 0 spiro atoms. The third kappa shape index (κ3) is 4.50. The Hall–Kier alpha value is -3.03. The molecule has 1 unspecified atom stereocenters. The maximum Gasteiger partial charge on any atom is 0.272 e. The number of ether oxygens (including phenoxy) is 1. The maximum absolute atomic E-state index is 13.7. The largest absolute Gasteiger partial charge is 0.481 e. The summed E-state index contributed by atoms with van der Waals surface area (Å²) in [6, 6.07) is 8.32. The number of nitro benzene ring substituents is 1. The molecule has 25 heavy (non-hydrogen) atoms. The molecule has 0 aromatic heterocycles. The first-order valence-corrected chi connectivity index (χ1v) is 7.37. The topological polar surface area (TPSA) is 72.7 Å². The molecule has 0 aliphatic rings. The Balaban J connectivity index is 1.99. The average molecular weight is 350 g/mol. The van der Waals surface area contributed by atoms with Gasteiger partial charge in [0.2, 0.25) is 0 Å². The first kappa shape index (κ1) is 18.3. The van der Waals surface area contributed by atoms with Gasteiger partial charge in [-0.15, -0.1) is 0 Å². The average Bonchev–Trinajstić information content (AvgIpc) is 2.59. The summed E-state index contributed by atoms with van der Waals surface area (Å²) >= 11 is 0. The minimum Gasteiger partial charge on any atom is -0.481 e. The van der Waals surface area contributed by atoms with Gasteiger partial charge >= 0.3 is 0 Å². The normalized spacial score (nSPS) is 11.7. The highest BCUT2D eigenvalue weighted by atomic mass is 19.1. The van der Waals surface area contributed by atoms with Gasteiger partial charge in [0.25, 0.3) is 11.6 Å². The van der Waals surface area contributed by atoms with E-state index in [-0.39, 0.29) is 17.6 Å². The number of benzene rings is 2. The summed E-state index contributed by atoms with van der Waals surface area (Å²) < 4.78 is 31.8. The van der Waals surface area contributed by atoms with Crippen molar-refractivity contribution in [2.45, 2.75) is 13.0 Å². The minimum atomic E-state index is -0.920. The van der Waals surface area contributed by atoms with Crippen LogP contribution in [-0.2, 0) is 4.79 Å². The van der Waals surface area contributed by atoms with Gasteiger partial charge < -0.3 is 9.64 Å². The van der Waals surface area contributed by atoms with Crippen molar-refractivity contribution in [2.75, 3.05) is 13.7 Å². The Bertz CT molecular complexity index is 781. The van der Waals surface area contributed by atoms with Crippen LogP contribution in [0, 0.1) is 21.7 Å². The van der Waals surface area contributed by atoms with Crippen LogP contribution in [0.4, 0.5) is 14.5 Å². The van der Waals surface area contributed by atoms with E-state index in [1.165, 1.54) is 17.0 Å². The van der Waals surface area contributed by atoms with Crippen molar-refractivity contribution in [3.63, 3.8) is 0 Å². The molecule has 132 valence electrons. The molecule has 0 saturated carbocycles. The quantitative estimate of drug-likeness (QED) is 0.591. The van der Waals surface area contributed by atoms with E-state index in [4.69, 9.17) is 4.74 Å². The van der Waals surface area contributed by atoms with Crippen molar-refractivity contribution < 1.29 is 23.2 Å². The van der Waals surface area contributed by atoms with Crippen LogP contribution in [0.3, 0.4) is 0 Å². The van der Waals surface area contributed by atoms with Gasteiger partial charge in [-0.05, 0) is 30.7 Å². The molecule has 2 aromatic carbocycles. The Morgan fingerprint density at radius 3 is 2.44 bits per heavy atom. The highest BCUT2D eigenvalue weighted by Gasteiger charge is 2.19. The van der Waals surface area contributed by atoms with E-state index in [1.807, 2.05) is 0 Å². The fourth-order valence-electron chi connectivity index (χ4n) is 2.14. The number of rotatable bonds is 6. The Morgan fingerprint density at radius 2 is 1.88 bits per heavy atom. The molecule has 0 saturated heterocycles. The number of nitrogens with zero attached hydrogens (tertiary/aromatic N) is 2. The standard InChI is InChI=1S/C17H16F2N2O4/c1-11(12-3-5-13(18)6-4-12)20(2)17(22)10-25-16-8-7-14(21(23)24)9-15(16)19/h3-9,11H,10H2,1-2H3. The monoisotopic (exact) mass is 350 g/mol. The van der Waals surface area contributed by atoms with E-state index in [0.717, 1.165) is 23.8 Å². The minimum absolute atomic E-state index is 0.248. The first-order valence-electron chi connectivity index (χ1n) is 7.37. The van der Waals surface area contributed by atoms with Gasteiger partial charge in [-0.3, -0.25) is 14.9 Å². The zero-order valence-electron chi connectivity index (χ0n) is 13.6. The van der Waals surface area contributed by atoms with Gasteiger partial charge in [0.05, 0.1) is 17.0 Å². The number of halogens is 2. The second-order valence-corrected chi connectivity index (χ2v) is 5.39. The molecule has 0 aliphatic heterocycles. The van der Waals surface area contributed by atoms with E-state index in [2.05, 4.69) is 0 Å². The fraction of sp³-hybridized carbons (Fsp3) is 0.235.